The molecule has 0 radical (unpaired) electrons. The predicted molar refractivity (Wildman–Crippen MR) is 78.6 cm³/mol. The number of nitro benzene ring substituents is 1. The maximum atomic E-state index is 10.7. The van der Waals surface area contributed by atoms with E-state index in [0.717, 1.165) is 31.7 Å². The smallest absolute Gasteiger partial charge is 0.292 e. The second-order valence-electron chi connectivity index (χ2n) is 4.79. The SMILES string of the molecule is CCCN(CCN(C)C)c1ccc([N+](=O)[O-])c(N)c1. The van der Waals surface area contributed by atoms with E-state index in [9.17, 15) is 10.1 Å². The number of anilines is 2. The zero-order valence-electron chi connectivity index (χ0n) is 11.8. The lowest BCUT2D eigenvalue weighted by Crippen LogP contribution is -2.32. The van der Waals surface area contributed by atoms with E-state index in [2.05, 4.69) is 16.7 Å². The van der Waals surface area contributed by atoms with Gasteiger partial charge in [0.25, 0.3) is 5.69 Å². The first-order chi connectivity index (χ1) is 8.95. The summed E-state index contributed by atoms with van der Waals surface area (Å²) in [6, 6.07) is 4.92. The number of likely N-dealkylation sites (N-methyl/N-ethyl adjacent to an activating group) is 1. The van der Waals surface area contributed by atoms with Crippen molar-refractivity contribution in [1.29, 1.82) is 0 Å². The van der Waals surface area contributed by atoms with Gasteiger partial charge in [-0.25, -0.2) is 0 Å². The molecule has 0 aliphatic rings. The number of hydrogen-bond donors (Lipinski definition) is 1. The van der Waals surface area contributed by atoms with Crippen LogP contribution in [0.5, 0.6) is 0 Å². The lowest BCUT2D eigenvalue weighted by molar-refractivity contribution is -0.383. The largest absolute Gasteiger partial charge is 0.393 e. The minimum atomic E-state index is -0.455. The van der Waals surface area contributed by atoms with Crippen LogP contribution in [0.4, 0.5) is 17.1 Å². The number of benzene rings is 1. The summed E-state index contributed by atoms with van der Waals surface area (Å²) in [4.78, 5) is 14.6. The molecule has 0 atom stereocenters. The molecular formula is C13H22N4O2. The van der Waals surface area contributed by atoms with Gasteiger partial charge in [0.2, 0.25) is 0 Å². The number of nitro groups is 1. The predicted octanol–water partition coefficient (Wildman–Crippen LogP) is 1.96. The summed E-state index contributed by atoms with van der Waals surface area (Å²) < 4.78 is 0. The second-order valence-corrected chi connectivity index (χ2v) is 4.79. The summed E-state index contributed by atoms with van der Waals surface area (Å²) in [5.41, 5.74) is 6.85. The molecule has 0 aliphatic heterocycles. The maximum Gasteiger partial charge on any atom is 0.292 e. The van der Waals surface area contributed by atoms with Gasteiger partial charge in [-0.1, -0.05) is 6.92 Å². The molecule has 0 fully saturated rings. The van der Waals surface area contributed by atoms with Crippen molar-refractivity contribution in [2.24, 2.45) is 0 Å². The van der Waals surface area contributed by atoms with Gasteiger partial charge < -0.3 is 15.5 Å². The number of rotatable bonds is 7. The van der Waals surface area contributed by atoms with E-state index in [4.69, 9.17) is 5.73 Å². The molecule has 0 saturated heterocycles. The van der Waals surface area contributed by atoms with E-state index in [0.29, 0.717) is 0 Å². The Balaban J connectivity index is 2.90. The fourth-order valence-corrected chi connectivity index (χ4v) is 1.87. The number of nitrogens with two attached hydrogens (primary N) is 1. The van der Waals surface area contributed by atoms with Crippen molar-refractivity contribution in [3.63, 3.8) is 0 Å². The third kappa shape index (κ3) is 4.40. The van der Waals surface area contributed by atoms with E-state index < -0.39 is 4.92 Å². The van der Waals surface area contributed by atoms with Gasteiger partial charge in [-0.15, -0.1) is 0 Å². The Morgan fingerprint density at radius 1 is 1.26 bits per heavy atom. The highest BCUT2D eigenvalue weighted by Crippen LogP contribution is 2.27. The van der Waals surface area contributed by atoms with Gasteiger partial charge in [0.05, 0.1) is 4.92 Å². The molecule has 0 aliphatic carbocycles. The Morgan fingerprint density at radius 3 is 2.42 bits per heavy atom. The average molecular weight is 266 g/mol. The zero-order chi connectivity index (χ0) is 14.4. The van der Waals surface area contributed by atoms with Crippen LogP contribution in [0, 0.1) is 10.1 Å². The minimum Gasteiger partial charge on any atom is -0.393 e. The number of hydrogen-bond acceptors (Lipinski definition) is 5. The Hall–Kier alpha value is -1.82. The molecule has 1 aromatic carbocycles. The van der Waals surface area contributed by atoms with Gasteiger partial charge in [0, 0.05) is 31.4 Å². The molecule has 106 valence electrons. The lowest BCUT2D eigenvalue weighted by atomic mass is 10.2. The molecule has 1 rings (SSSR count). The van der Waals surface area contributed by atoms with Crippen LogP contribution in [-0.4, -0.2) is 43.6 Å². The summed E-state index contributed by atoms with van der Waals surface area (Å²) in [6.07, 6.45) is 1.02. The van der Waals surface area contributed by atoms with Crippen molar-refractivity contribution in [3.05, 3.63) is 28.3 Å². The highest BCUT2D eigenvalue weighted by atomic mass is 16.6. The normalized spacial score (nSPS) is 10.7. The Labute approximate surface area is 113 Å². The monoisotopic (exact) mass is 266 g/mol. The van der Waals surface area contributed by atoms with Crippen molar-refractivity contribution >= 4 is 17.1 Å². The topological polar surface area (TPSA) is 75.6 Å². The van der Waals surface area contributed by atoms with Crippen LogP contribution >= 0.6 is 0 Å². The summed E-state index contributed by atoms with van der Waals surface area (Å²) >= 11 is 0. The van der Waals surface area contributed by atoms with Crippen molar-refractivity contribution in [1.82, 2.24) is 4.90 Å². The molecule has 2 N–H and O–H groups in total. The van der Waals surface area contributed by atoms with Crippen molar-refractivity contribution in [3.8, 4) is 0 Å². The van der Waals surface area contributed by atoms with E-state index >= 15 is 0 Å². The van der Waals surface area contributed by atoms with Crippen LogP contribution in [0.1, 0.15) is 13.3 Å². The van der Waals surface area contributed by atoms with Gasteiger partial charge in [0.1, 0.15) is 5.69 Å². The molecule has 0 bridgehead atoms. The Kier molecular flexibility index (Phi) is 5.57. The van der Waals surface area contributed by atoms with Crippen LogP contribution in [0.2, 0.25) is 0 Å². The first-order valence-corrected chi connectivity index (χ1v) is 6.39. The summed E-state index contributed by atoms with van der Waals surface area (Å²) in [6.45, 7) is 4.82. The van der Waals surface area contributed by atoms with Crippen LogP contribution in [0.15, 0.2) is 18.2 Å². The number of nitrogens with zero attached hydrogens (tertiary/aromatic N) is 3. The molecule has 6 heteroatoms. The van der Waals surface area contributed by atoms with E-state index in [1.54, 1.807) is 12.1 Å². The molecule has 0 heterocycles. The molecule has 6 nitrogen and oxygen atoms in total. The molecule has 1 aromatic rings. The van der Waals surface area contributed by atoms with Crippen molar-refractivity contribution in [2.45, 2.75) is 13.3 Å². The van der Waals surface area contributed by atoms with E-state index in [1.807, 2.05) is 14.1 Å². The first kappa shape index (κ1) is 15.2. The van der Waals surface area contributed by atoms with Gasteiger partial charge >= 0.3 is 0 Å². The van der Waals surface area contributed by atoms with Crippen molar-refractivity contribution in [2.75, 3.05) is 44.4 Å². The van der Waals surface area contributed by atoms with E-state index in [1.165, 1.54) is 6.07 Å². The standard InChI is InChI=1S/C13H22N4O2/c1-4-7-16(9-8-15(2)3)11-5-6-13(17(18)19)12(14)10-11/h5-6,10H,4,7-9,14H2,1-3H3. The fraction of sp³-hybridized carbons (Fsp3) is 0.538. The van der Waals surface area contributed by atoms with Crippen LogP contribution < -0.4 is 10.6 Å². The van der Waals surface area contributed by atoms with Crippen LogP contribution in [0.25, 0.3) is 0 Å². The lowest BCUT2D eigenvalue weighted by Gasteiger charge is -2.26. The number of nitrogen functional groups attached to an aromatic ring is 1. The van der Waals surface area contributed by atoms with Gasteiger partial charge in [-0.05, 0) is 32.6 Å². The fourth-order valence-electron chi connectivity index (χ4n) is 1.87. The third-order valence-corrected chi connectivity index (χ3v) is 2.88. The molecule has 19 heavy (non-hydrogen) atoms. The molecule has 0 aromatic heterocycles. The van der Waals surface area contributed by atoms with Crippen LogP contribution in [-0.2, 0) is 0 Å². The molecule has 0 spiro atoms. The molecule has 0 amide bonds. The average Bonchev–Trinajstić information content (AvgIpc) is 2.33. The Bertz CT molecular complexity index is 435. The summed E-state index contributed by atoms with van der Waals surface area (Å²) in [5, 5.41) is 10.7. The zero-order valence-corrected chi connectivity index (χ0v) is 11.8. The maximum absolute atomic E-state index is 10.7. The molecule has 0 unspecified atom stereocenters. The summed E-state index contributed by atoms with van der Waals surface area (Å²) in [5.74, 6) is 0. The highest BCUT2D eigenvalue weighted by molar-refractivity contribution is 5.66. The second kappa shape index (κ2) is 6.94. The first-order valence-electron chi connectivity index (χ1n) is 6.39. The minimum absolute atomic E-state index is 0.0344. The van der Waals surface area contributed by atoms with Gasteiger partial charge in [0.15, 0.2) is 0 Å². The molecule has 0 saturated carbocycles. The quantitative estimate of drug-likeness (QED) is 0.464. The van der Waals surface area contributed by atoms with E-state index in [-0.39, 0.29) is 11.4 Å². The molecular weight excluding hydrogens is 244 g/mol. The third-order valence-electron chi connectivity index (χ3n) is 2.88. The highest BCUT2D eigenvalue weighted by Gasteiger charge is 2.14. The van der Waals surface area contributed by atoms with Gasteiger partial charge in [-0.3, -0.25) is 10.1 Å². The Morgan fingerprint density at radius 2 is 1.95 bits per heavy atom. The van der Waals surface area contributed by atoms with Crippen LogP contribution in [0.3, 0.4) is 0 Å². The summed E-state index contributed by atoms with van der Waals surface area (Å²) in [7, 11) is 4.04. The van der Waals surface area contributed by atoms with Gasteiger partial charge in [-0.2, -0.15) is 0 Å². The van der Waals surface area contributed by atoms with Crippen molar-refractivity contribution < 1.29 is 4.92 Å².